The zero-order chi connectivity index (χ0) is 47.1. The molecule has 0 aliphatic heterocycles. The van der Waals surface area contributed by atoms with Gasteiger partial charge in [0.05, 0.1) is 61.0 Å². The van der Waals surface area contributed by atoms with Crippen molar-refractivity contribution in [1.29, 1.82) is 0 Å². The number of ether oxygens (including phenoxy) is 4. The third-order valence-electron chi connectivity index (χ3n) is 11.1. The number of benzene rings is 4. The summed E-state index contributed by atoms with van der Waals surface area (Å²) in [6.45, 7) is 3.84. The van der Waals surface area contributed by atoms with E-state index in [9.17, 15) is 28.3 Å². The molecule has 0 aliphatic carbocycles. The van der Waals surface area contributed by atoms with Crippen molar-refractivity contribution in [1.82, 2.24) is 9.97 Å². The number of rotatable bonds is 16. The number of aromatic nitrogens is 2. The van der Waals surface area contributed by atoms with Crippen LogP contribution in [0.1, 0.15) is 79.8 Å². The number of aryl methyl sites for hydroxylation is 2. The van der Waals surface area contributed by atoms with Crippen LogP contribution in [0.15, 0.2) is 108 Å². The Morgan fingerprint density at radius 1 is 0.576 bits per heavy atom. The molecule has 0 amide bonds. The molecule has 1 unspecified atom stereocenters. The fourth-order valence-corrected chi connectivity index (χ4v) is 9.37. The molecule has 4 aromatic heterocycles. The maximum atomic E-state index is 14.1. The minimum Gasteiger partial charge on any atom is -0.493 e. The predicted octanol–water partition coefficient (Wildman–Crippen LogP) is 12.4. The second-order valence-electron chi connectivity index (χ2n) is 15.3. The number of thiophene rings is 2. The maximum Gasteiger partial charge on any atom is 0.181 e. The lowest BCUT2D eigenvalue weighted by Crippen LogP contribution is -2.08. The Kier molecular flexibility index (Phi) is 15.0. The number of halogens is 2. The van der Waals surface area contributed by atoms with Gasteiger partial charge < -0.3 is 24.1 Å². The highest BCUT2D eigenvalue weighted by Gasteiger charge is 2.20. The zero-order valence-corrected chi connectivity index (χ0v) is 38.7. The van der Waals surface area contributed by atoms with Gasteiger partial charge in [-0.25, -0.2) is 18.7 Å². The van der Waals surface area contributed by atoms with Crippen LogP contribution in [0, 0.1) is 25.5 Å². The van der Waals surface area contributed by atoms with E-state index in [0.29, 0.717) is 60.6 Å². The number of Topliss-reactive ketones (excluding diaryl/α,β-unsaturated/α-hetero) is 3. The van der Waals surface area contributed by atoms with Crippen LogP contribution in [0.25, 0.3) is 42.7 Å². The second-order valence-corrected chi connectivity index (χ2v) is 17.0. The summed E-state index contributed by atoms with van der Waals surface area (Å²) in [5.41, 5.74) is 6.49. The number of carbonyl (C=O) groups excluding carboxylic acids is 3. The molecule has 8 rings (SSSR count). The van der Waals surface area contributed by atoms with Crippen LogP contribution in [0.4, 0.5) is 8.78 Å². The Morgan fingerprint density at radius 3 is 1.56 bits per heavy atom. The van der Waals surface area contributed by atoms with E-state index in [4.69, 9.17) is 18.9 Å². The molecule has 8 aromatic rings. The molecule has 0 aliphatic rings. The molecule has 4 heterocycles. The van der Waals surface area contributed by atoms with E-state index in [2.05, 4.69) is 9.97 Å². The van der Waals surface area contributed by atoms with E-state index < -0.39 is 6.10 Å². The number of hydrogen-bond acceptors (Lipinski definition) is 12. The second kappa shape index (κ2) is 21.0. The number of aliphatic hydroxyl groups excluding tert-OH is 1. The maximum absolute atomic E-state index is 14.1. The first-order chi connectivity index (χ1) is 31.8. The number of nitrogens with zero attached hydrogens (tertiary/aromatic N) is 2. The number of carbonyl (C=O) groups is 3. The summed E-state index contributed by atoms with van der Waals surface area (Å²) < 4.78 is 50.3. The van der Waals surface area contributed by atoms with Gasteiger partial charge in [-0.1, -0.05) is 36.4 Å². The van der Waals surface area contributed by atoms with Gasteiger partial charge in [0.2, 0.25) is 0 Å². The minimum absolute atomic E-state index is 0.0295. The first kappa shape index (κ1) is 47.1. The molecule has 1 atom stereocenters. The fourth-order valence-electron chi connectivity index (χ4n) is 7.45. The third-order valence-corrected chi connectivity index (χ3v) is 13.1. The first-order valence-electron chi connectivity index (χ1n) is 20.8. The topological polar surface area (TPSA) is 134 Å². The summed E-state index contributed by atoms with van der Waals surface area (Å²) in [6, 6.07) is 27.0. The monoisotopic (exact) mass is 928 g/mol. The third kappa shape index (κ3) is 10.2. The summed E-state index contributed by atoms with van der Waals surface area (Å²) >= 11 is 2.65. The summed E-state index contributed by atoms with van der Waals surface area (Å²) in [5.74, 6) is 0.975. The van der Waals surface area contributed by atoms with Crippen LogP contribution in [0.3, 0.4) is 0 Å². The van der Waals surface area contributed by atoms with Crippen molar-refractivity contribution in [2.24, 2.45) is 0 Å². The number of hydrogen-bond donors (Lipinski definition) is 1. The average molecular weight is 929 g/mol. The van der Waals surface area contributed by atoms with Crippen LogP contribution >= 0.6 is 22.7 Å². The Bertz CT molecular complexity index is 3090. The van der Waals surface area contributed by atoms with Crippen molar-refractivity contribution in [2.75, 3.05) is 28.4 Å². The van der Waals surface area contributed by atoms with Gasteiger partial charge in [0.25, 0.3) is 0 Å². The summed E-state index contributed by atoms with van der Waals surface area (Å²) in [6.07, 6.45) is -0.460. The van der Waals surface area contributed by atoms with E-state index in [1.165, 1.54) is 63.2 Å². The normalized spacial score (nSPS) is 11.5. The number of aliphatic hydroxyl groups is 1. The Labute approximate surface area is 388 Å². The quantitative estimate of drug-likeness (QED) is 0.0933. The molecule has 338 valence electrons. The van der Waals surface area contributed by atoms with Crippen molar-refractivity contribution >= 4 is 60.2 Å². The molecule has 0 saturated carbocycles. The van der Waals surface area contributed by atoms with E-state index in [1.807, 2.05) is 48.9 Å². The van der Waals surface area contributed by atoms with Gasteiger partial charge >= 0.3 is 0 Å². The molecule has 0 radical (unpaired) electrons. The highest BCUT2D eigenvalue weighted by molar-refractivity contribution is 7.18. The molecule has 4 aromatic carbocycles. The predicted molar refractivity (Wildman–Crippen MR) is 255 cm³/mol. The molecule has 0 bridgehead atoms. The summed E-state index contributed by atoms with van der Waals surface area (Å²) in [7, 11) is 6.08. The van der Waals surface area contributed by atoms with Gasteiger partial charge in [0.15, 0.2) is 40.3 Å². The van der Waals surface area contributed by atoms with E-state index in [0.717, 1.165) is 33.0 Å². The molecule has 10 nitrogen and oxygen atoms in total. The summed E-state index contributed by atoms with van der Waals surface area (Å²) in [4.78, 5) is 47.4. The largest absolute Gasteiger partial charge is 0.493 e. The summed E-state index contributed by atoms with van der Waals surface area (Å²) in [5, 5.41) is 16.1. The lowest BCUT2D eigenvalue weighted by Gasteiger charge is -2.13. The van der Waals surface area contributed by atoms with E-state index in [-0.39, 0.29) is 60.4 Å². The zero-order valence-electron chi connectivity index (χ0n) is 37.1. The molecule has 0 saturated heterocycles. The van der Waals surface area contributed by atoms with Crippen molar-refractivity contribution in [2.45, 2.75) is 45.6 Å². The molecule has 0 fully saturated rings. The molecular weight excluding hydrogens is 883 g/mol. The fraction of sp³-hybridized carbons (Fsp3) is 0.212. The molecule has 0 spiro atoms. The Hall–Kier alpha value is -6.87. The SMILES string of the molecule is COc1ccc(C(=O)CCC(=O)c2ccc(C)c(-c3csc4c(F)cccc34)n2)cc1OC.COc1ccc(C(=O)CCC(O)c2ccc(C)c(-c3csc4c(F)cccc34)n2)cc1OC. The van der Waals surface area contributed by atoms with Gasteiger partial charge in [-0.15, -0.1) is 22.7 Å². The number of fused-ring (bicyclic) bond motifs is 2. The van der Waals surface area contributed by atoms with Gasteiger partial charge in [-0.05, 0) is 92.1 Å². The van der Waals surface area contributed by atoms with E-state index in [1.54, 1.807) is 60.7 Å². The van der Waals surface area contributed by atoms with E-state index >= 15 is 0 Å². The first-order valence-corrected chi connectivity index (χ1v) is 22.6. The lowest BCUT2D eigenvalue weighted by atomic mass is 10.0. The van der Waals surface area contributed by atoms with Gasteiger partial charge in [0, 0.05) is 63.0 Å². The van der Waals surface area contributed by atoms with Gasteiger partial charge in [-0.2, -0.15) is 0 Å². The molecular formula is C52H46F2N2O8S2. The Morgan fingerprint density at radius 2 is 1.05 bits per heavy atom. The van der Waals surface area contributed by atoms with Crippen molar-refractivity contribution in [3.63, 3.8) is 0 Å². The van der Waals surface area contributed by atoms with Crippen molar-refractivity contribution in [3.05, 3.63) is 153 Å². The highest BCUT2D eigenvalue weighted by Crippen LogP contribution is 2.38. The number of methoxy groups -OCH3 is 4. The molecule has 66 heavy (non-hydrogen) atoms. The van der Waals surface area contributed by atoms with Crippen molar-refractivity contribution < 1.29 is 47.2 Å². The van der Waals surface area contributed by atoms with Crippen LogP contribution in [0.2, 0.25) is 0 Å². The standard InChI is InChI=1S/C26H24FNO4S.C26H22FNO4S/c2*1-15-7-9-20(28-25(15)18-14-33-26-17(18)5-4-6-19(26)27)22(30)11-10-21(29)16-8-12-23(31-2)24(13-16)32-3/h4-9,12-14,22,30H,10-11H2,1-3H3;4-9,12-14H,10-11H2,1-3H3. The van der Waals surface area contributed by atoms with Crippen LogP contribution < -0.4 is 18.9 Å². The van der Waals surface area contributed by atoms with Crippen LogP contribution in [-0.2, 0) is 0 Å². The molecule has 1 N–H and O–H groups in total. The lowest BCUT2D eigenvalue weighted by molar-refractivity contribution is 0.0915. The van der Waals surface area contributed by atoms with Gasteiger partial charge in [-0.3, -0.25) is 14.4 Å². The smallest absolute Gasteiger partial charge is 0.181 e. The number of ketones is 3. The highest BCUT2D eigenvalue weighted by atomic mass is 32.1. The average Bonchev–Trinajstić information content (AvgIpc) is 3.98. The van der Waals surface area contributed by atoms with Crippen molar-refractivity contribution in [3.8, 4) is 45.5 Å². The minimum atomic E-state index is -0.907. The Balaban J connectivity index is 0.000000196. The number of pyridine rings is 2. The van der Waals surface area contributed by atoms with Gasteiger partial charge in [0.1, 0.15) is 17.3 Å². The molecule has 14 heteroatoms. The van der Waals surface area contributed by atoms with Crippen LogP contribution in [0.5, 0.6) is 23.0 Å². The van der Waals surface area contributed by atoms with Crippen LogP contribution in [-0.4, -0.2) is 60.9 Å².